The van der Waals surface area contributed by atoms with E-state index >= 15 is 0 Å². The fraction of sp³-hybridized carbons (Fsp3) is 0.400. The van der Waals surface area contributed by atoms with E-state index in [0.29, 0.717) is 18.0 Å². The van der Waals surface area contributed by atoms with E-state index in [2.05, 4.69) is 5.32 Å². The van der Waals surface area contributed by atoms with E-state index in [9.17, 15) is 19.7 Å². The molecule has 8 heteroatoms. The number of amides is 2. The van der Waals surface area contributed by atoms with E-state index in [1.165, 1.54) is 12.1 Å². The molecule has 28 heavy (non-hydrogen) atoms. The zero-order chi connectivity index (χ0) is 20.7. The Morgan fingerprint density at radius 1 is 1.32 bits per heavy atom. The van der Waals surface area contributed by atoms with E-state index < -0.39 is 4.92 Å². The highest BCUT2D eigenvalue weighted by Crippen LogP contribution is 2.24. The van der Waals surface area contributed by atoms with Gasteiger partial charge in [-0.05, 0) is 31.4 Å². The monoisotopic (exact) mass is 403 g/mol. The fourth-order valence-corrected chi connectivity index (χ4v) is 3.68. The summed E-state index contributed by atoms with van der Waals surface area (Å²) in [5.41, 5.74) is 1.10. The van der Waals surface area contributed by atoms with Gasteiger partial charge in [-0.1, -0.05) is 42.9 Å². The SMILES string of the molecule is C/C=C(\C=C\C(=O)N1C[C@@H](C)[C@H](NC(=O)/C=C/c2ccc([N+](=O)[O-])s2)C1)CC. The molecule has 0 spiro atoms. The molecule has 2 heterocycles. The van der Waals surface area contributed by atoms with E-state index in [-0.39, 0.29) is 28.8 Å². The summed E-state index contributed by atoms with van der Waals surface area (Å²) < 4.78 is 0. The van der Waals surface area contributed by atoms with Crippen LogP contribution >= 0.6 is 11.3 Å². The maximum absolute atomic E-state index is 12.4. The van der Waals surface area contributed by atoms with E-state index in [0.717, 1.165) is 23.3 Å². The Kier molecular flexibility index (Phi) is 7.69. The normalized spacial score (nSPS) is 20.2. The van der Waals surface area contributed by atoms with Crippen LogP contribution in [0.4, 0.5) is 5.00 Å². The second-order valence-electron chi connectivity index (χ2n) is 6.65. The first-order valence-electron chi connectivity index (χ1n) is 9.19. The van der Waals surface area contributed by atoms with Gasteiger partial charge < -0.3 is 10.2 Å². The van der Waals surface area contributed by atoms with E-state index in [1.807, 2.05) is 32.9 Å². The predicted molar refractivity (Wildman–Crippen MR) is 111 cm³/mol. The van der Waals surface area contributed by atoms with Gasteiger partial charge in [0.1, 0.15) is 0 Å². The van der Waals surface area contributed by atoms with Crippen molar-refractivity contribution in [2.45, 2.75) is 33.2 Å². The molecule has 2 rings (SSSR count). The third-order valence-electron chi connectivity index (χ3n) is 4.66. The number of hydrogen-bond acceptors (Lipinski definition) is 5. The Balaban J connectivity index is 1.90. The fourth-order valence-electron chi connectivity index (χ4n) is 2.96. The van der Waals surface area contributed by atoms with Crippen molar-refractivity contribution in [3.05, 3.63) is 57.0 Å². The van der Waals surface area contributed by atoms with Crippen molar-refractivity contribution in [2.75, 3.05) is 13.1 Å². The largest absolute Gasteiger partial charge is 0.348 e. The molecule has 0 saturated carbocycles. The van der Waals surface area contributed by atoms with Crippen molar-refractivity contribution in [2.24, 2.45) is 5.92 Å². The number of rotatable bonds is 7. The van der Waals surface area contributed by atoms with E-state index in [1.54, 1.807) is 23.1 Å². The summed E-state index contributed by atoms with van der Waals surface area (Å²) >= 11 is 1.01. The quantitative estimate of drug-likeness (QED) is 0.326. The first-order chi connectivity index (χ1) is 13.3. The van der Waals surface area contributed by atoms with Gasteiger partial charge in [0.2, 0.25) is 11.8 Å². The zero-order valence-corrected chi connectivity index (χ0v) is 17.1. The summed E-state index contributed by atoms with van der Waals surface area (Å²) in [6, 6.07) is 2.89. The van der Waals surface area contributed by atoms with Gasteiger partial charge >= 0.3 is 5.00 Å². The molecular weight excluding hydrogens is 378 g/mol. The molecule has 0 radical (unpaired) electrons. The summed E-state index contributed by atoms with van der Waals surface area (Å²) in [5.74, 6) is -0.192. The molecule has 150 valence electrons. The zero-order valence-electron chi connectivity index (χ0n) is 16.3. The molecule has 1 saturated heterocycles. The topological polar surface area (TPSA) is 92.6 Å². The average Bonchev–Trinajstić information content (AvgIpc) is 3.28. The molecule has 1 aliphatic heterocycles. The van der Waals surface area contributed by atoms with Crippen LogP contribution in [0, 0.1) is 16.0 Å². The maximum atomic E-state index is 12.4. The average molecular weight is 404 g/mol. The maximum Gasteiger partial charge on any atom is 0.324 e. The summed E-state index contributed by atoms with van der Waals surface area (Å²) in [7, 11) is 0. The lowest BCUT2D eigenvalue weighted by Crippen LogP contribution is -2.39. The van der Waals surface area contributed by atoms with Gasteiger partial charge in [0, 0.05) is 36.2 Å². The Hall–Kier alpha value is -2.74. The Labute approximate surface area is 168 Å². The van der Waals surface area contributed by atoms with Crippen LogP contribution in [0.5, 0.6) is 0 Å². The molecule has 2 amide bonds. The van der Waals surface area contributed by atoms with E-state index in [4.69, 9.17) is 0 Å². The van der Waals surface area contributed by atoms with Crippen LogP contribution in [0.3, 0.4) is 0 Å². The smallest absolute Gasteiger partial charge is 0.324 e. The molecule has 1 aromatic heterocycles. The molecule has 7 nitrogen and oxygen atoms in total. The highest BCUT2D eigenvalue weighted by molar-refractivity contribution is 7.16. The summed E-state index contributed by atoms with van der Waals surface area (Å²) in [4.78, 5) is 37.1. The third kappa shape index (κ3) is 5.88. The van der Waals surface area contributed by atoms with Gasteiger partial charge in [-0.25, -0.2) is 0 Å². The van der Waals surface area contributed by atoms with Gasteiger partial charge in [0.15, 0.2) is 0 Å². The van der Waals surface area contributed by atoms with Gasteiger partial charge in [-0.2, -0.15) is 0 Å². The third-order valence-corrected chi connectivity index (χ3v) is 5.66. The van der Waals surface area contributed by atoms with Crippen molar-refractivity contribution < 1.29 is 14.5 Å². The van der Waals surface area contributed by atoms with Gasteiger partial charge in [-0.3, -0.25) is 19.7 Å². The number of nitrogens with zero attached hydrogens (tertiary/aromatic N) is 2. The number of nitro groups is 1. The van der Waals surface area contributed by atoms with Crippen LogP contribution in [0.2, 0.25) is 0 Å². The Bertz CT molecular complexity index is 825. The summed E-state index contributed by atoms with van der Waals surface area (Å²) in [6.07, 6.45) is 9.19. The molecule has 1 fully saturated rings. The summed E-state index contributed by atoms with van der Waals surface area (Å²) in [6.45, 7) is 7.03. The minimum Gasteiger partial charge on any atom is -0.348 e. The summed E-state index contributed by atoms with van der Waals surface area (Å²) in [5, 5.41) is 13.6. The van der Waals surface area contributed by atoms with Crippen molar-refractivity contribution in [1.82, 2.24) is 10.2 Å². The van der Waals surface area contributed by atoms with Crippen molar-refractivity contribution >= 4 is 34.2 Å². The number of carbonyl (C=O) groups excluding carboxylic acids is 2. The number of thiophene rings is 1. The van der Waals surface area contributed by atoms with Crippen LogP contribution in [-0.4, -0.2) is 40.8 Å². The molecule has 1 N–H and O–H groups in total. The van der Waals surface area contributed by atoms with Crippen molar-refractivity contribution in [1.29, 1.82) is 0 Å². The molecule has 2 atom stereocenters. The standard InChI is InChI=1S/C20H25N3O4S/c1-4-15(5-2)6-10-19(25)22-12-14(3)17(13-22)21-18(24)9-7-16-8-11-20(28-16)23(26)27/h4,6-11,14,17H,5,12-13H2,1-3H3,(H,21,24)/b9-7+,10-6+,15-4-/t14-,17-/m1/s1. The minimum atomic E-state index is -0.456. The van der Waals surface area contributed by atoms with Crippen LogP contribution in [0.15, 0.2) is 42.0 Å². The molecule has 0 bridgehead atoms. The van der Waals surface area contributed by atoms with Crippen molar-refractivity contribution in [3.63, 3.8) is 0 Å². The predicted octanol–water partition coefficient (Wildman–Crippen LogP) is 3.55. The minimum absolute atomic E-state index is 0.0378. The van der Waals surface area contributed by atoms with Gasteiger partial charge in [0.25, 0.3) is 0 Å². The number of hydrogen-bond donors (Lipinski definition) is 1. The second-order valence-corrected chi connectivity index (χ2v) is 7.75. The first kappa shape index (κ1) is 21.6. The number of allylic oxidation sites excluding steroid dienone is 3. The van der Waals surface area contributed by atoms with Crippen LogP contribution in [-0.2, 0) is 9.59 Å². The lowest BCUT2D eigenvalue weighted by Gasteiger charge is -2.15. The first-order valence-corrected chi connectivity index (χ1v) is 10.0. The number of nitrogens with one attached hydrogen (secondary N) is 1. The van der Waals surface area contributed by atoms with Crippen LogP contribution < -0.4 is 5.32 Å². The van der Waals surface area contributed by atoms with Gasteiger partial charge in [-0.15, -0.1) is 0 Å². The molecule has 1 aromatic rings. The van der Waals surface area contributed by atoms with Gasteiger partial charge in [0.05, 0.1) is 11.0 Å². The Morgan fingerprint density at radius 2 is 2.07 bits per heavy atom. The lowest BCUT2D eigenvalue weighted by atomic mass is 10.1. The molecule has 0 aromatic carbocycles. The molecular formula is C20H25N3O4S. The Morgan fingerprint density at radius 3 is 2.68 bits per heavy atom. The van der Waals surface area contributed by atoms with Crippen LogP contribution in [0.1, 0.15) is 32.1 Å². The lowest BCUT2D eigenvalue weighted by molar-refractivity contribution is -0.380. The highest BCUT2D eigenvalue weighted by Gasteiger charge is 2.32. The molecule has 1 aliphatic rings. The van der Waals surface area contributed by atoms with Crippen LogP contribution in [0.25, 0.3) is 6.08 Å². The number of likely N-dealkylation sites (tertiary alicyclic amines) is 1. The highest BCUT2D eigenvalue weighted by atomic mass is 32.1. The number of carbonyl (C=O) groups is 2. The molecule has 0 aliphatic carbocycles. The molecule has 0 unspecified atom stereocenters. The van der Waals surface area contributed by atoms with Crippen molar-refractivity contribution in [3.8, 4) is 0 Å². The second kappa shape index (κ2) is 9.98.